The molecule has 1 N–H and O–H groups in total. The van der Waals surface area contributed by atoms with Gasteiger partial charge in [0.2, 0.25) is 0 Å². The molecule has 2 fully saturated rings. The van der Waals surface area contributed by atoms with Gasteiger partial charge in [-0.25, -0.2) is 0 Å². The fourth-order valence-corrected chi connectivity index (χ4v) is 2.20. The van der Waals surface area contributed by atoms with Gasteiger partial charge in [0.1, 0.15) is 18.3 Å². The average Bonchev–Trinajstić information content (AvgIpc) is 2.59. The predicted octanol–water partition coefficient (Wildman–Crippen LogP) is 1.04. The molecule has 0 bridgehead atoms. The molecule has 17 heavy (non-hydrogen) atoms. The summed E-state index contributed by atoms with van der Waals surface area (Å²) in [4.78, 5) is 0. The molecule has 2 aliphatic rings. The van der Waals surface area contributed by atoms with E-state index in [9.17, 15) is 5.11 Å². The van der Waals surface area contributed by atoms with E-state index in [1.807, 2.05) is 13.8 Å². The van der Waals surface area contributed by atoms with Gasteiger partial charge in [-0.15, -0.1) is 0 Å². The minimum absolute atomic E-state index is 0.234. The number of rotatable bonds is 4. The van der Waals surface area contributed by atoms with Crippen LogP contribution in [0.1, 0.15) is 33.6 Å². The van der Waals surface area contributed by atoms with Crippen LogP contribution in [0.25, 0.3) is 0 Å². The number of fused-ring (bicyclic) bond motifs is 1. The minimum Gasteiger partial charge on any atom is -0.388 e. The SMILES string of the molecule is CCCCO[C@@H]1OC[C@H](O)C2OC(C)(C)OC21. The van der Waals surface area contributed by atoms with Crippen LogP contribution in [-0.2, 0) is 18.9 Å². The van der Waals surface area contributed by atoms with Gasteiger partial charge in [-0.2, -0.15) is 0 Å². The van der Waals surface area contributed by atoms with Crippen molar-refractivity contribution in [2.45, 2.75) is 64.0 Å². The molecule has 2 rings (SSSR count). The highest BCUT2D eigenvalue weighted by atomic mass is 16.8. The summed E-state index contributed by atoms with van der Waals surface area (Å²) in [5, 5.41) is 9.82. The summed E-state index contributed by atoms with van der Waals surface area (Å²) in [6.45, 7) is 6.65. The van der Waals surface area contributed by atoms with Crippen LogP contribution in [-0.4, -0.2) is 48.7 Å². The zero-order valence-electron chi connectivity index (χ0n) is 10.7. The molecule has 0 aliphatic carbocycles. The first kappa shape index (κ1) is 13.2. The van der Waals surface area contributed by atoms with Crippen LogP contribution in [0, 0.1) is 0 Å². The molecule has 0 aromatic rings. The van der Waals surface area contributed by atoms with Crippen molar-refractivity contribution in [3.05, 3.63) is 0 Å². The zero-order valence-corrected chi connectivity index (χ0v) is 10.7. The summed E-state index contributed by atoms with van der Waals surface area (Å²) in [7, 11) is 0. The molecule has 5 nitrogen and oxygen atoms in total. The Labute approximate surface area is 102 Å². The van der Waals surface area contributed by atoms with Crippen molar-refractivity contribution >= 4 is 0 Å². The van der Waals surface area contributed by atoms with E-state index in [0.29, 0.717) is 6.61 Å². The summed E-state index contributed by atoms with van der Waals surface area (Å²) < 4.78 is 22.5. The smallest absolute Gasteiger partial charge is 0.186 e. The van der Waals surface area contributed by atoms with Crippen molar-refractivity contribution in [3.63, 3.8) is 0 Å². The van der Waals surface area contributed by atoms with Gasteiger partial charge >= 0.3 is 0 Å². The Kier molecular flexibility index (Phi) is 4.05. The fourth-order valence-electron chi connectivity index (χ4n) is 2.20. The van der Waals surface area contributed by atoms with E-state index in [-0.39, 0.29) is 18.8 Å². The van der Waals surface area contributed by atoms with E-state index in [0.717, 1.165) is 12.8 Å². The molecule has 2 heterocycles. The first-order valence-electron chi connectivity index (χ1n) is 6.30. The highest BCUT2D eigenvalue weighted by molar-refractivity contribution is 4.91. The second-order valence-electron chi connectivity index (χ2n) is 5.06. The first-order valence-corrected chi connectivity index (χ1v) is 6.30. The lowest BCUT2D eigenvalue weighted by Crippen LogP contribution is -2.52. The summed E-state index contributed by atoms with van der Waals surface area (Å²) in [6, 6.07) is 0. The third kappa shape index (κ3) is 2.98. The maximum Gasteiger partial charge on any atom is 0.186 e. The van der Waals surface area contributed by atoms with Crippen LogP contribution in [0.15, 0.2) is 0 Å². The number of hydrogen-bond acceptors (Lipinski definition) is 5. The van der Waals surface area contributed by atoms with Crippen molar-refractivity contribution in [2.75, 3.05) is 13.2 Å². The summed E-state index contributed by atoms with van der Waals surface area (Å²) >= 11 is 0. The normalized spacial score (nSPS) is 40.2. The summed E-state index contributed by atoms with van der Waals surface area (Å²) in [5.41, 5.74) is 0. The highest BCUT2D eigenvalue weighted by Gasteiger charge is 2.52. The van der Waals surface area contributed by atoms with Crippen LogP contribution in [0.4, 0.5) is 0 Å². The lowest BCUT2D eigenvalue weighted by Gasteiger charge is -2.34. The monoisotopic (exact) mass is 246 g/mol. The van der Waals surface area contributed by atoms with Gasteiger partial charge in [0.15, 0.2) is 12.1 Å². The summed E-state index contributed by atoms with van der Waals surface area (Å²) in [5.74, 6) is -0.684. The van der Waals surface area contributed by atoms with E-state index >= 15 is 0 Å². The molecule has 100 valence electrons. The molecule has 2 saturated heterocycles. The van der Waals surface area contributed by atoms with Gasteiger partial charge in [0.05, 0.1) is 6.61 Å². The van der Waals surface area contributed by atoms with Crippen LogP contribution in [0.5, 0.6) is 0 Å². The van der Waals surface area contributed by atoms with E-state index in [1.54, 1.807) is 0 Å². The Morgan fingerprint density at radius 2 is 2.00 bits per heavy atom. The lowest BCUT2D eigenvalue weighted by molar-refractivity contribution is -0.247. The van der Waals surface area contributed by atoms with Crippen molar-refractivity contribution in [3.8, 4) is 0 Å². The molecule has 0 spiro atoms. The van der Waals surface area contributed by atoms with Crippen LogP contribution >= 0.6 is 0 Å². The fraction of sp³-hybridized carbons (Fsp3) is 1.00. The Bertz CT molecular complexity index is 255. The Morgan fingerprint density at radius 3 is 2.71 bits per heavy atom. The second-order valence-corrected chi connectivity index (χ2v) is 5.06. The Morgan fingerprint density at radius 1 is 1.29 bits per heavy atom. The molecule has 2 aliphatic heterocycles. The van der Waals surface area contributed by atoms with Gasteiger partial charge in [-0.05, 0) is 20.3 Å². The van der Waals surface area contributed by atoms with E-state index in [4.69, 9.17) is 18.9 Å². The molecular weight excluding hydrogens is 224 g/mol. The van der Waals surface area contributed by atoms with Gasteiger partial charge in [-0.3, -0.25) is 0 Å². The van der Waals surface area contributed by atoms with E-state index in [1.165, 1.54) is 0 Å². The number of aliphatic hydroxyl groups is 1. The van der Waals surface area contributed by atoms with E-state index < -0.39 is 18.2 Å². The molecule has 2 unspecified atom stereocenters. The molecule has 5 heteroatoms. The first-order chi connectivity index (χ1) is 8.03. The van der Waals surface area contributed by atoms with Crippen molar-refractivity contribution in [1.29, 1.82) is 0 Å². The van der Waals surface area contributed by atoms with Crippen molar-refractivity contribution in [2.24, 2.45) is 0 Å². The maximum atomic E-state index is 9.82. The van der Waals surface area contributed by atoms with Gasteiger partial charge < -0.3 is 24.1 Å². The molecule has 4 atom stereocenters. The van der Waals surface area contributed by atoms with Gasteiger partial charge in [0, 0.05) is 6.61 Å². The third-order valence-corrected chi connectivity index (χ3v) is 3.02. The molecule has 0 radical (unpaired) electrons. The minimum atomic E-state index is -0.684. The second kappa shape index (κ2) is 5.20. The van der Waals surface area contributed by atoms with Crippen molar-refractivity contribution in [1.82, 2.24) is 0 Å². The maximum absolute atomic E-state index is 9.82. The van der Waals surface area contributed by atoms with Crippen LogP contribution < -0.4 is 0 Å². The predicted molar refractivity (Wildman–Crippen MR) is 60.4 cm³/mol. The molecule has 0 aromatic carbocycles. The average molecular weight is 246 g/mol. The molecule has 0 amide bonds. The van der Waals surface area contributed by atoms with Gasteiger partial charge in [-0.1, -0.05) is 13.3 Å². The highest BCUT2D eigenvalue weighted by Crippen LogP contribution is 2.35. The number of ether oxygens (including phenoxy) is 4. The molecular formula is C12H22O5. The van der Waals surface area contributed by atoms with E-state index in [2.05, 4.69) is 6.92 Å². The van der Waals surface area contributed by atoms with Crippen LogP contribution in [0.2, 0.25) is 0 Å². The zero-order chi connectivity index (χ0) is 12.5. The Balaban J connectivity index is 1.95. The number of aliphatic hydroxyl groups excluding tert-OH is 1. The molecule has 0 saturated carbocycles. The number of hydrogen-bond donors (Lipinski definition) is 1. The standard InChI is InChI=1S/C12H22O5/c1-4-5-6-14-11-10-9(8(13)7-15-11)16-12(2,3)17-10/h8-11,13H,4-7H2,1-3H3/t8-,9?,10?,11+/m0/s1. The lowest BCUT2D eigenvalue weighted by atomic mass is 10.1. The quantitative estimate of drug-likeness (QED) is 0.751. The Hall–Kier alpha value is -0.200. The summed E-state index contributed by atoms with van der Waals surface area (Å²) in [6.07, 6.45) is 0.289. The molecule has 0 aromatic heterocycles. The third-order valence-electron chi connectivity index (χ3n) is 3.02. The van der Waals surface area contributed by atoms with Crippen molar-refractivity contribution < 1.29 is 24.1 Å². The topological polar surface area (TPSA) is 57.2 Å². The largest absolute Gasteiger partial charge is 0.388 e. The number of unbranched alkanes of at least 4 members (excludes halogenated alkanes) is 1. The van der Waals surface area contributed by atoms with Crippen LogP contribution in [0.3, 0.4) is 0 Å². The van der Waals surface area contributed by atoms with Gasteiger partial charge in [0.25, 0.3) is 0 Å².